The number of carbonyl (C=O) groups is 2. The summed E-state index contributed by atoms with van der Waals surface area (Å²) in [5.41, 5.74) is 7.79. The summed E-state index contributed by atoms with van der Waals surface area (Å²) in [5.74, 6) is 0.779. The Morgan fingerprint density at radius 2 is 1.88 bits per heavy atom. The van der Waals surface area contributed by atoms with Crippen LogP contribution in [-0.4, -0.2) is 124 Å². The molecule has 1 aliphatic carbocycles. The highest BCUT2D eigenvalue weighted by Gasteiger charge is 2.46. The molecule has 6 aliphatic rings. The van der Waals surface area contributed by atoms with Gasteiger partial charge in [-0.2, -0.15) is 15.1 Å². The van der Waals surface area contributed by atoms with E-state index in [1.165, 1.54) is 16.8 Å². The van der Waals surface area contributed by atoms with Crippen molar-refractivity contribution >= 4 is 51.5 Å². The van der Waals surface area contributed by atoms with Crippen LogP contribution in [0.25, 0.3) is 39.1 Å². The van der Waals surface area contributed by atoms with Crippen molar-refractivity contribution in [2.24, 2.45) is 0 Å². The van der Waals surface area contributed by atoms with Gasteiger partial charge in [-0.25, -0.2) is 19.0 Å². The molecule has 5 aromatic heterocycles. The molecule has 5 aliphatic heterocycles. The monoisotopic (exact) mass is 809 g/mol. The number of aromatic nitrogens is 8. The van der Waals surface area contributed by atoms with E-state index in [9.17, 15) is 19.1 Å². The number of benzene rings is 1. The van der Waals surface area contributed by atoms with Gasteiger partial charge in [0.25, 0.3) is 5.91 Å². The molecule has 0 unspecified atom stereocenters. The topological polar surface area (TPSA) is 176 Å². The zero-order chi connectivity index (χ0) is 41.0. The first kappa shape index (κ1) is 36.2. The molecular formula is C42H40FN13O4. The number of phenols is 1. The molecular weight excluding hydrogens is 770 g/mol. The van der Waals surface area contributed by atoms with Crippen molar-refractivity contribution in [2.75, 3.05) is 48.9 Å². The molecule has 2 saturated heterocycles. The molecule has 10 heterocycles. The number of nitrogens with one attached hydrogen (secondary N) is 1. The van der Waals surface area contributed by atoms with Crippen molar-refractivity contribution in [2.45, 2.75) is 63.4 Å². The number of amides is 2. The first-order valence-corrected chi connectivity index (χ1v) is 20.1. The zero-order valence-corrected chi connectivity index (χ0v) is 33.1. The maximum Gasteiger partial charge on any atom is 0.279 e. The average Bonchev–Trinajstić information content (AvgIpc) is 3.91. The van der Waals surface area contributed by atoms with Crippen LogP contribution in [0.5, 0.6) is 5.75 Å². The van der Waals surface area contributed by atoms with Crippen molar-refractivity contribution in [1.29, 1.82) is 0 Å². The van der Waals surface area contributed by atoms with E-state index in [0.29, 0.717) is 65.8 Å². The third kappa shape index (κ3) is 5.62. The molecule has 3 atom stereocenters. The Hall–Kier alpha value is -6.91. The van der Waals surface area contributed by atoms with Crippen LogP contribution < -0.4 is 15.1 Å². The minimum absolute atomic E-state index is 0.134. The first-order chi connectivity index (χ1) is 29.1. The molecule has 2 amide bonds. The number of hydrogen-bond donors (Lipinski definition) is 2. The Balaban J connectivity index is 1.03. The zero-order valence-electron chi connectivity index (χ0n) is 33.1. The second-order valence-electron chi connectivity index (χ2n) is 16.1. The number of phenolic OH excluding ortho intramolecular Hbond substituents is 1. The van der Waals surface area contributed by atoms with Crippen LogP contribution in [0, 0.1) is 12.7 Å². The van der Waals surface area contributed by atoms with Crippen molar-refractivity contribution in [3.05, 3.63) is 83.6 Å². The largest absolute Gasteiger partial charge is 0.506 e. The number of rotatable bonds is 5. The second kappa shape index (κ2) is 13.6. The van der Waals surface area contributed by atoms with Crippen molar-refractivity contribution in [1.82, 2.24) is 49.1 Å². The third-order valence-corrected chi connectivity index (χ3v) is 12.4. The van der Waals surface area contributed by atoms with Gasteiger partial charge in [0.05, 0.1) is 53.2 Å². The number of aromatic hydroxyl groups is 1. The fourth-order valence-electron chi connectivity index (χ4n) is 9.16. The summed E-state index contributed by atoms with van der Waals surface area (Å²) in [6.07, 6.45) is 6.34. The average molecular weight is 810 g/mol. The second-order valence-corrected chi connectivity index (χ2v) is 16.1. The van der Waals surface area contributed by atoms with Crippen LogP contribution in [0.1, 0.15) is 31.5 Å². The van der Waals surface area contributed by atoms with Crippen LogP contribution >= 0.6 is 0 Å². The van der Waals surface area contributed by atoms with Crippen LogP contribution in [0.15, 0.2) is 72.0 Å². The standard InChI is InChI=1S/C42H40FN13O4/c1-22-46-30-12-13-44-36-29-8-5-9-35(48-29)47-24-15-32(40(58)51(2)20-27(60-3)21-52(22)37(30)36)54(18-24)38-28-17-45-56(31-11-10-23(43)14-34(31)57)39(28)50-42(49-38)55-26-16-33(55)41(59)53(19-26)25-6-4-7-25/h5,8-14,17,24-25,27,32,57H,4,6-7,15,18-21H2,1-3H3,(H,47,48)/t24-,27-,32-/m0/s1. The molecule has 60 heavy (non-hydrogen) atoms. The fourth-order valence-corrected chi connectivity index (χ4v) is 9.16. The van der Waals surface area contributed by atoms with Gasteiger partial charge in [-0.3, -0.25) is 19.5 Å². The van der Waals surface area contributed by atoms with Gasteiger partial charge in [-0.1, -0.05) is 11.8 Å². The lowest BCUT2D eigenvalue weighted by molar-refractivity contribution is -0.133. The van der Waals surface area contributed by atoms with E-state index < -0.39 is 18.0 Å². The first-order valence-electron chi connectivity index (χ1n) is 20.1. The Kier molecular flexibility index (Phi) is 8.19. The lowest BCUT2D eigenvalue weighted by atomic mass is 9.89. The highest BCUT2D eigenvalue weighted by Crippen LogP contribution is 2.41. The highest BCUT2D eigenvalue weighted by molar-refractivity contribution is 6.03. The number of likely N-dealkylation sites (N-methyl/N-ethyl adjacent to an activating group) is 1. The molecule has 17 nitrogen and oxygen atoms in total. The fraction of sp³-hybridized carbons (Fsp3) is 0.357. The molecule has 0 radical (unpaired) electrons. The Bertz CT molecular complexity index is 2860. The Morgan fingerprint density at radius 3 is 2.67 bits per heavy atom. The number of fused-ring (bicyclic) bond motifs is 8. The molecule has 1 aromatic carbocycles. The molecule has 3 fully saturated rings. The summed E-state index contributed by atoms with van der Waals surface area (Å²) in [4.78, 5) is 60.6. The van der Waals surface area contributed by atoms with Crippen LogP contribution in [0.4, 0.5) is 22.0 Å². The summed E-state index contributed by atoms with van der Waals surface area (Å²) in [6.45, 7) is 3.34. The number of nitrogens with zero attached hydrogens (tertiary/aromatic N) is 12. The highest BCUT2D eigenvalue weighted by atomic mass is 19.1. The predicted molar refractivity (Wildman–Crippen MR) is 218 cm³/mol. The molecule has 6 aromatic rings. The van der Waals surface area contributed by atoms with Gasteiger partial charge in [0, 0.05) is 51.6 Å². The normalized spacial score (nSPS) is 21.7. The van der Waals surface area contributed by atoms with Gasteiger partial charge in [-0.05, 0) is 62.9 Å². The summed E-state index contributed by atoms with van der Waals surface area (Å²) in [7, 11) is 3.41. The number of halogens is 1. The van der Waals surface area contributed by atoms with Crippen molar-refractivity contribution in [3.8, 4) is 22.8 Å². The number of anilines is 3. The molecule has 12 rings (SSSR count). The molecule has 304 valence electrons. The van der Waals surface area contributed by atoms with E-state index >= 15 is 0 Å². The van der Waals surface area contributed by atoms with Gasteiger partial charge < -0.3 is 34.4 Å². The summed E-state index contributed by atoms with van der Waals surface area (Å²) < 4.78 is 23.7. The minimum Gasteiger partial charge on any atom is -0.506 e. The SMILES string of the molecule is CO[C@H]1CN(C)C(=O)[C@@H]2C[C@@H](CN2c2nc(N3C4=C=C3C(=O)N(C3CCC3)C4)nc3c2cnn3-c2ccc(F)cc2O)Nc2cccc(n2)-c2nccc3nc(C)n(c23)C1. The van der Waals surface area contributed by atoms with E-state index in [1.54, 1.807) is 36.4 Å². The van der Waals surface area contributed by atoms with E-state index in [-0.39, 0.29) is 47.8 Å². The maximum absolute atomic E-state index is 14.9. The molecule has 18 heteroatoms. The number of pyridine rings is 2. The summed E-state index contributed by atoms with van der Waals surface area (Å²) in [5, 5.41) is 19.6. The molecule has 2 N–H and O–H groups in total. The number of carbonyl (C=O) groups excluding carboxylic acids is 2. The summed E-state index contributed by atoms with van der Waals surface area (Å²) >= 11 is 0. The number of imidazole rings is 1. The van der Waals surface area contributed by atoms with Crippen LogP contribution in [0.3, 0.4) is 0 Å². The molecule has 0 spiro atoms. The van der Waals surface area contributed by atoms with Crippen molar-refractivity contribution in [3.63, 3.8) is 0 Å². The van der Waals surface area contributed by atoms with E-state index in [2.05, 4.69) is 20.7 Å². The number of aryl methyl sites for hydroxylation is 1. The van der Waals surface area contributed by atoms with E-state index in [1.807, 2.05) is 41.0 Å². The van der Waals surface area contributed by atoms with E-state index in [4.69, 9.17) is 29.7 Å². The lowest BCUT2D eigenvalue weighted by Crippen LogP contribution is -2.56. The number of hydrogen-bond acceptors (Lipinski definition) is 13. The van der Waals surface area contributed by atoms with Crippen molar-refractivity contribution < 1.29 is 23.8 Å². The predicted octanol–water partition coefficient (Wildman–Crippen LogP) is 3.90. The smallest absolute Gasteiger partial charge is 0.279 e. The summed E-state index contributed by atoms with van der Waals surface area (Å²) in [6, 6.07) is 10.5. The lowest BCUT2D eigenvalue weighted by Gasteiger charge is -2.46. The van der Waals surface area contributed by atoms with Gasteiger partial charge in [0.1, 0.15) is 46.5 Å². The van der Waals surface area contributed by atoms with Crippen LogP contribution in [0.2, 0.25) is 0 Å². The van der Waals surface area contributed by atoms with Crippen LogP contribution in [-0.2, 0) is 20.9 Å². The quantitative estimate of drug-likeness (QED) is 0.240. The number of ether oxygens (including phenoxy) is 1. The van der Waals surface area contributed by atoms with Gasteiger partial charge in [0.2, 0.25) is 11.9 Å². The maximum atomic E-state index is 14.9. The Morgan fingerprint density at radius 1 is 1.02 bits per heavy atom. The Labute approximate surface area is 342 Å². The van der Waals surface area contributed by atoms with E-state index in [0.717, 1.165) is 47.9 Å². The third-order valence-electron chi connectivity index (χ3n) is 12.4. The number of piperazine rings is 1. The number of methoxy groups -OCH3 is 1. The molecule has 6 bridgehead atoms. The van der Waals surface area contributed by atoms with Gasteiger partial charge >= 0.3 is 0 Å². The van der Waals surface area contributed by atoms with Gasteiger partial charge in [0.15, 0.2) is 11.3 Å². The van der Waals surface area contributed by atoms with Gasteiger partial charge in [-0.15, -0.1) is 0 Å². The molecule has 1 saturated carbocycles. The minimum atomic E-state index is -0.711.